The smallest absolute Gasteiger partial charge is 0.417 e. The van der Waals surface area contributed by atoms with E-state index in [4.69, 9.17) is 26.9 Å². The van der Waals surface area contributed by atoms with Crippen LogP contribution in [0.1, 0.15) is 5.56 Å². The van der Waals surface area contributed by atoms with E-state index in [1.54, 1.807) is 28.8 Å². The van der Waals surface area contributed by atoms with Crippen molar-refractivity contribution in [3.8, 4) is 5.69 Å². The number of imidazole rings is 1. The van der Waals surface area contributed by atoms with Crippen molar-refractivity contribution in [1.29, 1.82) is 0 Å². The first kappa shape index (κ1) is 31.6. The van der Waals surface area contributed by atoms with Gasteiger partial charge < -0.3 is 26.0 Å². The Labute approximate surface area is 253 Å². The fourth-order valence-corrected chi connectivity index (χ4v) is 4.32. The molecule has 0 bridgehead atoms. The predicted octanol–water partition coefficient (Wildman–Crippen LogP) is 4.46. The number of nitrogens with one attached hydrogen (secondary N) is 2. The van der Waals surface area contributed by atoms with E-state index >= 15 is 0 Å². The van der Waals surface area contributed by atoms with Crippen LogP contribution in [0.3, 0.4) is 0 Å². The third-order valence-corrected chi connectivity index (χ3v) is 6.50. The minimum absolute atomic E-state index is 0. The van der Waals surface area contributed by atoms with E-state index in [1.165, 1.54) is 17.6 Å². The molecule has 18 heteroatoms. The van der Waals surface area contributed by atoms with Gasteiger partial charge in [0.05, 0.1) is 16.3 Å². The van der Waals surface area contributed by atoms with Gasteiger partial charge in [0, 0.05) is 37.6 Å². The van der Waals surface area contributed by atoms with Gasteiger partial charge in [0.15, 0.2) is 17.0 Å². The van der Waals surface area contributed by atoms with Crippen LogP contribution >= 0.6 is 24.0 Å². The molecule has 3 amide bonds. The molecule has 5 rings (SSSR count). The van der Waals surface area contributed by atoms with Gasteiger partial charge in [-0.05, 0) is 42.5 Å². The van der Waals surface area contributed by atoms with Crippen LogP contribution < -0.4 is 21.4 Å². The number of rotatable bonds is 6. The lowest BCUT2D eigenvalue weighted by Crippen LogP contribution is -2.47. The molecular formula is C25H24Cl2F3N9O4. The van der Waals surface area contributed by atoms with Gasteiger partial charge in [-0.1, -0.05) is 11.6 Å². The Kier molecular flexibility index (Phi) is 9.75. The summed E-state index contributed by atoms with van der Waals surface area (Å²) in [6, 6.07) is 8.24. The largest absolute Gasteiger partial charge is 0.420 e. The maximum absolute atomic E-state index is 13.5. The van der Waals surface area contributed by atoms with E-state index < -0.39 is 35.7 Å². The zero-order valence-electron chi connectivity index (χ0n) is 22.0. The molecule has 0 radical (unpaired) electrons. The van der Waals surface area contributed by atoms with Crippen LogP contribution in [0, 0.1) is 0 Å². The zero-order chi connectivity index (χ0) is 29.9. The summed E-state index contributed by atoms with van der Waals surface area (Å²) in [5, 5.41) is 5.62. The van der Waals surface area contributed by atoms with E-state index in [-0.39, 0.29) is 29.6 Å². The SMILES string of the molecule is Cl.Nc1ncnc2c1ncn2-c1ccc(NC(=O)N(OCOC(=O)N2CCNCC2)c2ccc(Cl)c(C(F)(F)F)c2)cc1. The van der Waals surface area contributed by atoms with Gasteiger partial charge in [0.25, 0.3) is 0 Å². The second-order valence-electron chi connectivity index (χ2n) is 8.87. The van der Waals surface area contributed by atoms with Gasteiger partial charge in [0.1, 0.15) is 12.7 Å². The molecule has 2 aromatic carbocycles. The number of carbonyl (C=O) groups is 2. The Morgan fingerprint density at radius 2 is 1.81 bits per heavy atom. The first-order valence-electron chi connectivity index (χ1n) is 12.4. The second kappa shape index (κ2) is 13.3. The molecule has 4 aromatic rings. The van der Waals surface area contributed by atoms with Crippen molar-refractivity contribution in [2.24, 2.45) is 0 Å². The maximum atomic E-state index is 13.5. The average molecular weight is 642 g/mol. The normalized spacial score (nSPS) is 13.3. The Morgan fingerprint density at radius 1 is 1.09 bits per heavy atom. The molecule has 1 aliphatic heterocycles. The van der Waals surface area contributed by atoms with Gasteiger partial charge in [-0.15, -0.1) is 12.4 Å². The lowest BCUT2D eigenvalue weighted by molar-refractivity contribution is -0.137. The fraction of sp³-hybridized carbons (Fsp3) is 0.240. The minimum Gasteiger partial charge on any atom is -0.420 e. The zero-order valence-corrected chi connectivity index (χ0v) is 23.6. The van der Waals surface area contributed by atoms with Crippen LogP contribution in [0.25, 0.3) is 16.9 Å². The minimum atomic E-state index is -4.80. The molecule has 13 nitrogen and oxygen atoms in total. The number of nitrogens with two attached hydrogens (primary N) is 1. The molecule has 0 spiro atoms. The molecule has 1 aliphatic rings. The Morgan fingerprint density at radius 3 is 2.51 bits per heavy atom. The molecule has 0 aliphatic carbocycles. The topological polar surface area (TPSA) is 153 Å². The van der Waals surface area contributed by atoms with Crippen LogP contribution in [0.2, 0.25) is 5.02 Å². The molecule has 0 saturated carbocycles. The van der Waals surface area contributed by atoms with Crippen molar-refractivity contribution in [2.45, 2.75) is 6.18 Å². The summed E-state index contributed by atoms with van der Waals surface area (Å²) in [4.78, 5) is 44.7. The van der Waals surface area contributed by atoms with Crippen molar-refractivity contribution in [3.05, 3.63) is 65.7 Å². The average Bonchev–Trinajstić information content (AvgIpc) is 3.41. The lowest BCUT2D eigenvalue weighted by atomic mass is 10.2. The Balaban J connectivity index is 0.00000423. The summed E-state index contributed by atoms with van der Waals surface area (Å²) in [6.45, 7) is 1.21. The molecule has 0 unspecified atom stereocenters. The fourth-order valence-electron chi connectivity index (χ4n) is 4.10. The van der Waals surface area contributed by atoms with E-state index in [9.17, 15) is 22.8 Å². The molecule has 0 atom stereocenters. The number of carbonyl (C=O) groups excluding carboxylic acids is 2. The summed E-state index contributed by atoms with van der Waals surface area (Å²) < 4.78 is 47.4. The highest BCUT2D eigenvalue weighted by molar-refractivity contribution is 6.31. The number of urea groups is 1. The van der Waals surface area contributed by atoms with Crippen molar-refractivity contribution >= 4 is 64.5 Å². The van der Waals surface area contributed by atoms with Gasteiger partial charge in [0.2, 0.25) is 6.79 Å². The Bertz CT molecular complexity index is 1600. The predicted molar refractivity (Wildman–Crippen MR) is 153 cm³/mol. The van der Waals surface area contributed by atoms with Crippen molar-refractivity contribution in [3.63, 3.8) is 0 Å². The van der Waals surface area contributed by atoms with Crippen LogP contribution in [-0.4, -0.2) is 69.5 Å². The summed E-state index contributed by atoms with van der Waals surface area (Å²) in [7, 11) is 0. The quantitative estimate of drug-likeness (QED) is 0.204. The molecular weight excluding hydrogens is 618 g/mol. The van der Waals surface area contributed by atoms with E-state index in [2.05, 4.69) is 25.6 Å². The monoisotopic (exact) mass is 641 g/mol. The Hall–Kier alpha value is -4.38. The molecule has 1 saturated heterocycles. The number of anilines is 3. The molecule has 43 heavy (non-hydrogen) atoms. The number of amides is 3. The van der Waals surface area contributed by atoms with Crippen molar-refractivity contribution in [1.82, 2.24) is 29.7 Å². The third kappa shape index (κ3) is 7.16. The number of fused-ring (bicyclic) bond motifs is 1. The first-order chi connectivity index (χ1) is 20.1. The van der Waals surface area contributed by atoms with Gasteiger partial charge in [-0.25, -0.2) is 29.4 Å². The number of ether oxygens (including phenoxy) is 1. The van der Waals surface area contributed by atoms with Crippen LogP contribution in [0.5, 0.6) is 0 Å². The molecule has 3 heterocycles. The van der Waals surface area contributed by atoms with Crippen LogP contribution in [0.15, 0.2) is 55.1 Å². The number of piperazine rings is 1. The highest BCUT2D eigenvalue weighted by Crippen LogP contribution is 2.37. The lowest BCUT2D eigenvalue weighted by Gasteiger charge is -2.27. The maximum Gasteiger partial charge on any atom is 0.417 e. The number of hydrogen-bond donors (Lipinski definition) is 3. The first-order valence-corrected chi connectivity index (χ1v) is 12.8. The number of alkyl halides is 3. The number of aromatic nitrogens is 4. The number of nitrogen functional groups attached to an aromatic ring is 1. The van der Waals surface area contributed by atoms with Gasteiger partial charge >= 0.3 is 18.3 Å². The number of benzene rings is 2. The summed E-state index contributed by atoms with van der Waals surface area (Å²) >= 11 is 5.75. The summed E-state index contributed by atoms with van der Waals surface area (Å²) in [5.41, 5.74) is 6.16. The van der Waals surface area contributed by atoms with Gasteiger partial charge in [-0.3, -0.25) is 4.57 Å². The van der Waals surface area contributed by atoms with Crippen molar-refractivity contribution < 1.29 is 32.3 Å². The number of hydrogen-bond acceptors (Lipinski definition) is 9. The highest BCUT2D eigenvalue weighted by atomic mass is 35.5. The van der Waals surface area contributed by atoms with E-state index in [1.807, 2.05) is 0 Å². The van der Waals surface area contributed by atoms with Gasteiger partial charge in [-0.2, -0.15) is 18.2 Å². The number of hydroxylamine groups is 1. The second-order valence-corrected chi connectivity index (χ2v) is 9.28. The number of nitrogens with zero attached hydrogens (tertiary/aromatic N) is 6. The molecule has 1 fully saturated rings. The third-order valence-electron chi connectivity index (χ3n) is 6.17. The molecule has 4 N–H and O–H groups in total. The summed E-state index contributed by atoms with van der Waals surface area (Å²) in [6.07, 6.45) is -2.67. The number of halogens is 5. The highest BCUT2D eigenvalue weighted by Gasteiger charge is 2.34. The van der Waals surface area contributed by atoms with Crippen LogP contribution in [-0.2, 0) is 15.8 Å². The van der Waals surface area contributed by atoms with E-state index in [0.29, 0.717) is 54.2 Å². The van der Waals surface area contributed by atoms with Crippen LogP contribution in [0.4, 0.5) is 40.0 Å². The van der Waals surface area contributed by atoms with E-state index in [0.717, 1.165) is 12.1 Å². The van der Waals surface area contributed by atoms with Crippen molar-refractivity contribution in [2.75, 3.05) is 49.1 Å². The summed E-state index contributed by atoms with van der Waals surface area (Å²) in [5.74, 6) is 0.220. The molecule has 228 valence electrons. The molecule has 2 aromatic heterocycles. The standard InChI is InChI=1S/C25H23ClF3N9O4.ClH/c26-19-6-5-17(11-18(19)25(27,28)29)38(42-14-41-24(40)36-9-7-31-8-10-36)23(39)35-15-1-3-16(4-2-15)37-13-34-20-21(30)32-12-33-22(20)37;/h1-6,11-13,31H,7-10,14H2,(H,35,39)(H2,30,32,33);1H.